The molecule has 164 valence electrons. The maximum Gasteiger partial charge on any atom is 0.335 e. The Kier molecular flexibility index (Phi) is 11.1. The highest BCUT2D eigenvalue weighted by Gasteiger charge is 2.13. The van der Waals surface area contributed by atoms with Crippen molar-refractivity contribution in [3.63, 3.8) is 0 Å². The number of nitrogens with two attached hydrogens (primary N) is 1. The van der Waals surface area contributed by atoms with E-state index in [1.165, 1.54) is 36.4 Å². The van der Waals surface area contributed by atoms with E-state index >= 15 is 0 Å². The Morgan fingerprint density at radius 2 is 1.23 bits per heavy atom. The molecule has 31 heavy (non-hydrogen) atoms. The molecule has 0 amide bonds. The minimum Gasteiger partial charge on any atom is -0.478 e. The van der Waals surface area contributed by atoms with Gasteiger partial charge in [0.25, 0.3) is 0 Å². The van der Waals surface area contributed by atoms with Gasteiger partial charge < -0.3 is 20.8 Å². The maximum atomic E-state index is 10.6. The predicted molar refractivity (Wildman–Crippen MR) is 125 cm³/mol. The number of anilines is 1. The topological polar surface area (TPSA) is 104 Å². The molecule has 6 nitrogen and oxygen atoms in total. The molecule has 0 aliphatic rings. The first-order chi connectivity index (χ1) is 14.8. The number of hydrogen-bond acceptors (Lipinski definition) is 4. The van der Waals surface area contributed by atoms with Crippen molar-refractivity contribution in [1.29, 1.82) is 0 Å². The number of carbonyl (C=O) groups is 2. The Hall–Kier alpha value is -3.64. The molecule has 3 aromatic rings. The number of carboxylic acids is 2. The molecule has 4 N–H and O–H groups in total. The van der Waals surface area contributed by atoms with Gasteiger partial charge in [0.05, 0.1) is 11.1 Å². The first-order valence-electron chi connectivity index (χ1n) is 9.80. The summed E-state index contributed by atoms with van der Waals surface area (Å²) < 4.78 is 0. The van der Waals surface area contributed by atoms with E-state index in [0.29, 0.717) is 0 Å². The molecule has 0 radical (unpaired) electrons. The lowest BCUT2D eigenvalue weighted by Gasteiger charge is -2.10. The van der Waals surface area contributed by atoms with E-state index in [4.69, 9.17) is 15.9 Å². The van der Waals surface area contributed by atoms with Crippen LogP contribution in [0.2, 0.25) is 0 Å². The summed E-state index contributed by atoms with van der Waals surface area (Å²) in [7, 11) is 4.07. The van der Waals surface area contributed by atoms with Crippen LogP contribution in [0.15, 0.2) is 78.9 Å². The summed E-state index contributed by atoms with van der Waals surface area (Å²) in [6, 6.07) is 24.7. The Labute approximate surface area is 183 Å². The molecule has 0 spiro atoms. The molecule has 0 bridgehead atoms. The second kappa shape index (κ2) is 13.6. The normalized spacial score (nSPS) is 9.42. The van der Waals surface area contributed by atoms with Crippen molar-refractivity contribution in [3.05, 3.63) is 101 Å². The van der Waals surface area contributed by atoms with E-state index in [9.17, 15) is 9.59 Å². The first-order valence-corrected chi connectivity index (χ1v) is 9.80. The summed E-state index contributed by atoms with van der Waals surface area (Å²) in [5.74, 6) is -2.22. The standard InChI is InChI=1S/C9H8O4.2C8H11N/c1-5-6(8(10)11)3-2-4-7(5)9(12)13;1-9(2)8-6-4-3-5-7-8;9-7-6-8-4-2-1-3-5-8/h2-4H,1H3,(H,10,11)(H,12,13);3-7H,1-2H3;1-5H,6-7,9H2. The van der Waals surface area contributed by atoms with Crippen molar-refractivity contribution < 1.29 is 19.8 Å². The van der Waals surface area contributed by atoms with Crippen molar-refractivity contribution in [1.82, 2.24) is 0 Å². The van der Waals surface area contributed by atoms with Crippen molar-refractivity contribution in [2.24, 2.45) is 5.73 Å². The van der Waals surface area contributed by atoms with Crippen LogP contribution in [0.25, 0.3) is 0 Å². The molecular formula is C25H30N2O4. The van der Waals surface area contributed by atoms with Gasteiger partial charge in [0.15, 0.2) is 0 Å². The average molecular weight is 423 g/mol. The Balaban J connectivity index is 0.000000239. The Bertz CT molecular complexity index is 910. The molecule has 0 atom stereocenters. The van der Waals surface area contributed by atoms with E-state index in [-0.39, 0.29) is 16.7 Å². The molecule has 0 fully saturated rings. The molecule has 0 aromatic heterocycles. The summed E-state index contributed by atoms with van der Waals surface area (Å²) in [5, 5.41) is 17.4. The van der Waals surface area contributed by atoms with Crippen molar-refractivity contribution in [2.45, 2.75) is 13.3 Å². The summed E-state index contributed by atoms with van der Waals surface area (Å²) in [6.45, 7) is 2.22. The third-order valence-electron chi connectivity index (χ3n) is 4.34. The highest BCUT2D eigenvalue weighted by atomic mass is 16.4. The van der Waals surface area contributed by atoms with Gasteiger partial charge in [-0.05, 0) is 55.3 Å². The van der Waals surface area contributed by atoms with Gasteiger partial charge in [-0.3, -0.25) is 0 Å². The highest BCUT2D eigenvalue weighted by Crippen LogP contribution is 2.13. The number of hydrogen-bond donors (Lipinski definition) is 3. The van der Waals surface area contributed by atoms with Crippen LogP contribution in [0, 0.1) is 6.92 Å². The van der Waals surface area contributed by atoms with Crippen molar-refractivity contribution in [3.8, 4) is 0 Å². The quantitative estimate of drug-likeness (QED) is 0.565. The van der Waals surface area contributed by atoms with Crippen LogP contribution in [-0.4, -0.2) is 42.8 Å². The Morgan fingerprint density at radius 1 is 0.774 bits per heavy atom. The third-order valence-corrected chi connectivity index (χ3v) is 4.34. The lowest BCUT2D eigenvalue weighted by Crippen LogP contribution is -2.07. The van der Waals surface area contributed by atoms with Gasteiger partial charge >= 0.3 is 11.9 Å². The number of nitrogens with zero attached hydrogens (tertiary/aromatic N) is 1. The molecule has 3 rings (SSSR count). The van der Waals surface area contributed by atoms with Crippen LogP contribution in [-0.2, 0) is 6.42 Å². The van der Waals surface area contributed by atoms with Crippen molar-refractivity contribution >= 4 is 17.6 Å². The van der Waals surface area contributed by atoms with Crippen LogP contribution in [0.1, 0.15) is 31.8 Å². The van der Waals surface area contributed by atoms with E-state index in [1.807, 2.05) is 50.5 Å². The number of benzene rings is 3. The smallest absolute Gasteiger partial charge is 0.335 e. The number of aromatic carboxylic acids is 2. The zero-order valence-electron chi connectivity index (χ0n) is 18.2. The maximum absolute atomic E-state index is 10.6. The summed E-state index contributed by atoms with van der Waals surface area (Å²) in [6.07, 6.45) is 0.987. The van der Waals surface area contributed by atoms with Gasteiger partial charge in [-0.25, -0.2) is 9.59 Å². The fourth-order valence-electron chi connectivity index (χ4n) is 2.64. The molecule has 0 aliphatic carbocycles. The minimum atomic E-state index is -1.11. The van der Waals surface area contributed by atoms with Gasteiger partial charge in [-0.15, -0.1) is 0 Å². The lowest BCUT2D eigenvalue weighted by atomic mass is 10.0. The van der Waals surface area contributed by atoms with Crippen LogP contribution in [0.4, 0.5) is 5.69 Å². The van der Waals surface area contributed by atoms with Crippen LogP contribution >= 0.6 is 0 Å². The van der Waals surface area contributed by atoms with Crippen LogP contribution in [0.3, 0.4) is 0 Å². The summed E-state index contributed by atoms with van der Waals surface area (Å²) in [5.41, 5.74) is 8.26. The Morgan fingerprint density at radius 3 is 1.58 bits per heavy atom. The molecule has 0 aliphatic heterocycles. The van der Waals surface area contributed by atoms with Gasteiger partial charge in [-0.1, -0.05) is 54.6 Å². The van der Waals surface area contributed by atoms with Gasteiger partial charge in [0.1, 0.15) is 0 Å². The van der Waals surface area contributed by atoms with Gasteiger partial charge in [0.2, 0.25) is 0 Å². The zero-order chi connectivity index (χ0) is 23.2. The minimum absolute atomic E-state index is 0.0277. The summed E-state index contributed by atoms with van der Waals surface area (Å²) in [4.78, 5) is 23.3. The zero-order valence-corrected chi connectivity index (χ0v) is 18.2. The summed E-state index contributed by atoms with van der Waals surface area (Å²) >= 11 is 0. The van der Waals surface area contributed by atoms with Crippen LogP contribution < -0.4 is 10.6 Å². The highest BCUT2D eigenvalue weighted by molar-refractivity contribution is 5.96. The number of carboxylic acid groups (broad SMARTS) is 2. The predicted octanol–water partition coefficient (Wildman–Crippen LogP) is 4.33. The van der Waals surface area contributed by atoms with Crippen molar-refractivity contribution in [2.75, 3.05) is 25.5 Å². The SMILES string of the molecule is CN(C)c1ccccc1.Cc1c(C(=O)O)cccc1C(=O)O.NCCc1ccccc1. The first kappa shape index (κ1) is 25.4. The van der Waals surface area contributed by atoms with Gasteiger partial charge in [0, 0.05) is 19.8 Å². The molecule has 3 aromatic carbocycles. The molecule has 0 heterocycles. The largest absolute Gasteiger partial charge is 0.478 e. The van der Waals surface area contributed by atoms with Crippen LogP contribution in [0.5, 0.6) is 0 Å². The monoisotopic (exact) mass is 422 g/mol. The van der Waals surface area contributed by atoms with E-state index in [0.717, 1.165) is 13.0 Å². The fraction of sp³-hybridized carbons (Fsp3) is 0.200. The average Bonchev–Trinajstić information content (AvgIpc) is 2.76. The third kappa shape index (κ3) is 9.14. The molecule has 0 unspecified atom stereocenters. The van der Waals surface area contributed by atoms with E-state index in [2.05, 4.69) is 29.2 Å². The molecule has 6 heteroatoms. The van der Waals surface area contributed by atoms with E-state index in [1.54, 1.807) is 0 Å². The second-order valence-electron chi connectivity index (χ2n) is 6.84. The lowest BCUT2D eigenvalue weighted by molar-refractivity contribution is 0.0696. The number of para-hydroxylation sites is 1. The second-order valence-corrected chi connectivity index (χ2v) is 6.84. The fourth-order valence-corrected chi connectivity index (χ4v) is 2.64. The molecular weight excluding hydrogens is 392 g/mol. The van der Waals surface area contributed by atoms with E-state index < -0.39 is 11.9 Å². The van der Waals surface area contributed by atoms with Gasteiger partial charge in [-0.2, -0.15) is 0 Å². The molecule has 0 saturated heterocycles. The molecule has 0 saturated carbocycles. The number of rotatable bonds is 5.